The van der Waals surface area contributed by atoms with Crippen LogP contribution in [0.25, 0.3) is 0 Å². The molecule has 0 heterocycles. The van der Waals surface area contributed by atoms with Gasteiger partial charge in [-0.15, -0.1) is 12.4 Å². The van der Waals surface area contributed by atoms with Gasteiger partial charge in [-0.05, 0) is 42.7 Å². The molecule has 2 rings (SSSR count). The van der Waals surface area contributed by atoms with Crippen molar-refractivity contribution in [2.24, 2.45) is 11.7 Å². The number of amides is 2. The van der Waals surface area contributed by atoms with Gasteiger partial charge in [0.15, 0.2) is 0 Å². The summed E-state index contributed by atoms with van der Waals surface area (Å²) in [5.74, 6) is 0.913. The van der Waals surface area contributed by atoms with E-state index in [-0.39, 0.29) is 42.7 Å². The van der Waals surface area contributed by atoms with Crippen LogP contribution in [0.3, 0.4) is 0 Å². The van der Waals surface area contributed by atoms with Crippen molar-refractivity contribution in [3.05, 3.63) is 60.2 Å². The van der Waals surface area contributed by atoms with Gasteiger partial charge >= 0.3 is 0 Å². The maximum atomic E-state index is 12.0. The Bertz CT molecular complexity index is 751. The highest BCUT2D eigenvalue weighted by molar-refractivity contribution is 5.87. The molecular weight excluding hydrogens is 378 g/mol. The molecule has 2 aromatic rings. The maximum absolute atomic E-state index is 12.0. The van der Waals surface area contributed by atoms with Gasteiger partial charge in [0.1, 0.15) is 11.5 Å². The lowest BCUT2D eigenvalue weighted by Crippen LogP contribution is -2.47. The van der Waals surface area contributed by atoms with Crippen molar-refractivity contribution >= 4 is 24.2 Å². The molecule has 0 fully saturated rings. The van der Waals surface area contributed by atoms with Gasteiger partial charge in [-0.25, -0.2) is 0 Å². The molecule has 7 heteroatoms. The Kier molecular flexibility index (Phi) is 9.48. The van der Waals surface area contributed by atoms with Crippen molar-refractivity contribution in [3.63, 3.8) is 0 Å². The molecule has 0 saturated carbocycles. The van der Waals surface area contributed by atoms with Gasteiger partial charge in [0, 0.05) is 0 Å². The highest BCUT2D eigenvalue weighted by Gasteiger charge is 2.18. The molecular formula is C21H28ClN3O3. The molecule has 0 spiro atoms. The van der Waals surface area contributed by atoms with E-state index in [1.807, 2.05) is 75.4 Å². The SMILES string of the molecule is CC(NC(=O)CNC(=O)[C@@H](N)C(C)C)c1ccc(Oc2ccccc2)cc1.Cl. The highest BCUT2D eigenvalue weighted by Crippen LogP contribution is 2.23. The number of benzene rings is 2. The number of carbonyl (C=O) groups is 2. The summed E-state index contributed by atoms with van der Waals surface area (Å²) in [6.07, 6.45) is 0. The van der Waals surface area contributed by atoms with Crippen LogP contribution in [-0.4, -0.2) is 24.4 Å². The molecule has 2 atom stereocenters. The third-order valence-corrected chi connectivity index (χ3v) is 4.18. The number of nitrogens with two attached hydrogens (primary N) is 1. The van der Waals surface area contributed by atoms with Gasteiger partial charge in [-0.1, -0.05) is 44.2 Å². The minimum atomic E-state index is -0.618. The average Bonchev–Trinajstić information content (AvgIpc) is 2.66. The minimum absolute atomic E-state index is 0. The van der Waals surface area contributed by atoms with Crippen LogP contribution in [0.4, 0.5) is 0 Å². The summed E-state index contributed by atoms with van der Waals surface area (Å²) in [6, 6.07) is 16.2. The fourth-order valence-electron chi connectivity index (χ4n) is 2.41. The van der Waals surface area contributed by atoms with Gasteiger partial charge in [0.2, 0.25) is 11.8 Å². The smallest absolute Gasteiger partial charge is 0.239 e. The topological polar surface area (TPSA) is 93.5 Å². The molecule has 0 aromatic heterocycles. The molecule has 2 aromatic carbocycles. The Labute approximate surface area is 172 Å². The summed E-state index contributed by atoms with van der Waals surface area (Å²) < 4.78 is 5.75. The van der Waals surface area contributed by atoms with Crippen LogP contribution >= 0.6 is 12.4 Å². The number of halogens is 1. The molecule has 1 unspecified atom stereocenters. The van der Waals surface area contributed by atoms with Gasteiger partial charge in [0.25, 0.3) is 0 Å². The molecule has 152 valence electrons. The summed E-state index contributed by atoms with van der Waals surface area (Å²) in [4.78, 5) is 23.8. The third-order valence-electron chi connectivity index (χ3n) is 4.18. The van der Waals surface area contributed by atoms with Crippen LogP contribution < -0.4 is 21.1 Å². The quantitative estimate of drug-likeness (QED) is 0.628. The van der Waals surface area contributed by atoms with Crippen LogP contribution in [0.1, 0.15) is 32.4 Å². The molecule has 0 saturated heterocycles. The zero-order valence-corrected chi connectivity index (χ0v) is 17.2. The lowest BCUT2D eigenvalue weighted by atomic mass is 10.1. The summed E-state index contributed by atoms with van der Waals surface area (Å²) in [7, 11) is 0. The Morgan fingerprint density at radius 1 is 0.964 bits per heavy atom. The van der Waals surface area contributed by atoms with Gasteiger partial charge < -0.3 is 21.1 Å². The zero-order chi connectivity index (χ0) is 19.8. The summed E-state index contributed by atoms with van der Waals surface area (Å²) in [6.45, 7) is 5.50. The summed E-state index contributed by atoms with van der Waals surface area (Å²) in [5.41, 5.74) is 6.69. The van der Waals surface area contributed by atoms with Crippen LogP contribution in [0.15, 0.2) is 54.6 Å². The maximum Gasteiger partial charge on any atom is 0.239 e. The summed E-state index contributed by atoms with van der Waals surface area (Å²) >= 11 is 0. The molecule has 0 radical (unpaired) electrons. The van der Waals surface area contributed by atoms with E-state index in [1.54, 1.807) is 0 Å². The van der Waals surface area contributed by atoms with Crippen molar-refractivity contribution in [2.75, 3.05) is 6.54 Å². The molecule has 0 aliphatic heterocycles. The van der Waals surface area contributed by atoms with E-state index in [1.165, 1.54) is 0 Å². The number of nitrogens with one attached hydrogen (secondary N) is 2. The van der Waals surface area contributed by atoms with E-state index >= 15 is 0 Å². The molecule has 2 amide bonds. The third kappa shape index (κ3) is 7.21. The lowest BCUT2D eigenvalue weighted by Gasteiger charge is -2.17. The first-order valence-corrected chi connectivity index (χ1v) is 9.02. The molecule has 4 N–H and O–H groups in total. The van der Waals surface area contributed by atoms with Gasteiger partial charge in [0.05, 0.1) is 18.6 Å². The fourth-order valence-corrected chi connectivity index (χ4v) is 2.41. The predicted molar refractivity (Wildman–Crippen MR) is 113 cm³/mol. The van der Waals surface area contributed by atoms with Crippen molar-refractivity contribution in [2.45, 2.75) is 32.9 Å². The predicted octanol–water partition coefficient (Wildman–Crippen LogP) is 3.18. The van der Waals surface area contributed by atoms with E-state index in [9.17, 15) is 9.59 Å². The zero-order valence-electron chi connectivity index (χ0n) is 16.3. The van der Waals surface area contributed by atoms with E-state index in [0.29, 0.717) is 0 Å². The number of para-hydroxylation sites is 1. The van der Waals surface area contributed by atoms with E-state index in [2.05, 4.69) is 10.6 Å². The van der Waals surface area contributed by atoms with E-state index < -0.39 is 6.04 Å². The second-order valence-corrected chi connectivity index (χ2v) is 6.76. The minimum Gasteiger partial charge on any atom is -0.457 e. The van der Waals surface area contributed by atoms with Crippen molar-refractivity contribution in [1.82, 2.24) is 10.6 Å². The number of carbonyl (C=O) groups excluding carboxylic acids is 2. The lowest BCUT2D eigenvalue weighted by molar-refractivity contribution is -0.127. The van der Waals surface area contributed by atoms with Gasteiger partial charge in [-0.2, -0.15) is 0 Å². The number of hydrogen-bond acceptors (Lipinski definition) is 4. The Balaban J connectivity index is 0.00000392. The Morgan fingerprint density at radius 3 is 2.11 bits per heavy atom. The molecule has 0 bridgehead atoms. The monoisotopic (exact) mass is 405 g/mol. The van der Waals surface area contributed by atoms with Crippen molar-refractivity contribution in [1.29, 1.82) is 0 Å². The molecule has 0 aliphatic rings. The highest BCUT2D eigenvalue weighted by atomic mass is 35.5. The van der Waals surface area contributed by atoms with Crippen LogP contribution in [0, 0.1) is 5.92 Å². The molecule has 6 nitrogen and oxygen atoms in total. The standard InChI is InChI=1S/C21H27N3O3.ClH/c1-14(2)20(22)21(26)23-13-19(25)24-15(3)16-9-11-18(12-10-16)27-17-7-5-4-6-8-17;/h4-12,14-15,20H,13,22H2,1-3H3,(H,23,26)(H,24,25);1H/t15?,20-;/m0./s1. The average molecular weight is 406 g/mol. The number of hydrogen-bond donors (Lipinski definition) is 3. The van der Waals surface area contributed by atoms with Crippen LogP contribution in [0.5, 0.6) is 11.5 Å². The molecule has 0 aliphatic carbocycles. The first-order chi connectivity index (χ1) is 12.9. The molecule has 28 heavy (non-hydrogen) atoms. The number of rotatable bonds is 8. The van der Waals surface area contributed by atoms with Crippen molar-refractivity contribution < 1.29 is 14.3 Å². The van der Waals surface area contributed by atoms with E-state index in [4.69, 9.17) is 10.5 Å². The second kappa shape index (κ2) is 11.3. The summed E-state index contributed by atoms with van der Waals surface area (Å²) in [5, 5.41) is 5.41. The second-order valence-electron chi connectivity index (χ2n) is 6.76. The fraction of sp³-hybridized carbons (Fsp3) is 0.333. The van der Waals surface area contributed by atoms with E-state index in [0.717, 1.165) is 17.1 Å². The Morgan fingerprint density at radius 2 is 1.54 bits per heavy atom. The van der Waals surface area contributed by atoms with Crippen LogP contribution in [0.2, 0.25) is 0 Å². The van der Waals surface area contributed by atoms with Crippen LogP contribution in [-0.2, 0) is 9.59 Å². The normalized spacial score (nSPS) is 12.5. The number of ether oxygens (including phenoxy) is 1. The Hall–Kier alpha value is -2.57. The first kappa shape index (κ1) is 23.5. The first-order valence-electron chi connectivity index (χ1n) is 9.02. The van der Waals surface area contributed by atoms with Gasteiger partial charge in [-0.3, -0.25) is 9.59 Å². The largest absolute Gasteiger partial charge is 0.457 e. The van der Waals surface area contributed by atoms with Crippen molar-refractivity contribution in [3.8, 4) is 11.5 Å².